The number of piperidine rings is 2. The maximum Gasteiger partial charge on any atom is 0.307 e. The Morgan fingerprint density at radius 2 is 1.55 bits per heavy atom. The summed E-state index contributed by atoms with van der Waals surface area (Å²) in [6.07, 6.45) is 9.66. The Morgan fingerprint density at radius 1 is 0.979 bits per heavy atom. The monoisotopic (exact) mass is 717 g/mol. The predicted octanol–water partition coefficient (Wildman–Crippen LogP) is 4.75. The second-order valence-corrected chi connectivity index (χ2v) is 18.7. The Kier molecular flexibility index (Phi) is 14.3. The SMILES string of the molecule is CC(C)C(CS(=O)(=O)C1CCC2(CCCC2)NC1)C(=O)NO.CC(C)C(CS(=O)(=O)N1CCC(=Cc2ccc(Cl)cc2)CC1)C(=O)O. The summed E-state index contributed by atoms with van der Waals surface area (Å²) in [6, 6.07) is 7.51. The number of carboxylic acid groups (broad SMARTS) is 1. The fourth-order valence-electron chi connectivity index (χ4n) is 6.66. The normalized spacial score (nSPS) is 21.6. The van der Waals surface area contributed by atoms with Gasteiger partial charge in [0, 0.05) is 30.2 Å². The summed E-state index contributed by atoms with van der Waals surface area (Å²) in [7, 11) is -6.93. The molecule has 2 heterocycles. The number of hydrogen-bond acceptors (Lipinski definition) is 8. The highest BCUT2D eigenvalue weighted by atomic mass is 35.5. The molecule has 2 aliphatic heterocycles. The number of rotatable bonds is 11. The summed E-state index contributed by atoms with van der Waals surface area (Å²) in [5.41, 5.74) is 3.98. The van der Waals surface area contributed by atoms with Gasteiger partial charge in [0.05, 0.1) is 28.6 Å². The van der Waals surface area contributed by atoms with Crippen molar-refractivity contribution in [3.63, 3.8) is 0 Å². The highest BCUT2D eigenvalue weighted by Gasteiger charge is 2.42. The number of carboxylic acids is 1. The molecule has 3 atom stereocenters. The number of carbonyl (C=O) groups is 2. The fraction of sp³-hybridized carbons (Fsp3) is 0.697. The van der Waals surface area contributed by atoms with Crippen LogP contribution in [0.4, 0.5) is 0 Å². The van der Waals surface area contributed by atoms with Crippen LogP contribution in [0.5, 0.6) is 0 Å². The predicted molar refractivity (Wildman–Crippen MR) is 184 cm³/mol. The van der Waals surface area contributed by atoms with Crippen LogP contribution in [0.25, 0.3) is 6.08 Å². The zero-order valence-electron chi connectivity index (χ0n) is 28.0. The smallest absolute Gasteiger partial charge is 0.307 e. The Morgan fingerprint density at radius 3 is 2.02 bits per heavy atom. The summed E-state index contributed by atoms with van der Waals surface area (Å²) in [5.74, 6) is -4.16. The Hall–Kier alpha value is -2.03. The lowest BCUT2D eigenvalue weighted by atomic mass is 9.87. The van der Waals surface area contributed by atoms with Crippen LogP contribution < -0.4 is 10.8 Å². The molecule has 1 amide bonds. The number of sulfonamides is 1. The van der Waals surface area contributed by atoms with Crippen LogP contribution in [-0.4, -0.2) is 85.3 Å². The van der Waals surface area contributed by atoms with Crippen molar-refractivity contribution in [2.75, 3.05) is 31.1 Å². The first-order valence-corrected chi connectivity index (χ1v) is 20.2. The standard InChI is InChI=1S/C18H24ClNO4S.C15H28N2O4S/c1-13(2)17(18(21)22)12-25(23,24)20-9-7-15(8-10-20)11-14-3-5-16(19)6-4-14;1-11(2)13(14(18)17-19)10-22(20,21)12-5-8-15(16-9-12)6-3-4-7-15/h3-6,11,13,17H,7-10,12H2,1-2H3,(H,21,22);11-13,16,19H,3-10H2,1-2H3,(H,17,18). The molecule has 1 spiro atoms. The molecule has 14 heteroatoms. The lowest BCUT2D eigenvalue weighted by Crippen LogP contribution is -2.53. The van der Waals surface area contributed by atoms with Gasteiger partial charge >= 0.3 is 5.97 Å². The van der Waals surface area contributed by atoms with Crippen LogP contribution in [0, 0.1) is 23.7 Å². The second-order valence-electron chi connectivity index (χ2n) is 13.9. The molecule has 3 unspecified atom stereocenters. The summed E-state index contributed by atoms with van der Waals surface area (Å²) in [5, 5.41) is 21.7. The number of benzene rings is 1. The average molecular weight is 718 g/mol. The summed E-state index contributed by atoms with van der Waals surface area (Å²) in [4.78, 5) is 23.0. The quantitative estimate of drug-likeness (QED) is 0.186. The van der Waals surface area contributed by atoms with Crippen LogP contribution >= 0.6 is 11.6 Å². The average Bonchev–Trinajstić information content (AvgIpc) is 3.47. The van der Waals surface area contributed by atoms with Crippen molar-refractivity contribution >= 4 is 49.4 Å². The van der Waals surface area contributed by atoms with Crippen LogP contribution in [0.2, 0.25) is 5.02 Å². The van der Waals surface area contributed by atoms with Gasteiger partial charge in [-0.2, -0.15) is 0 Å². The van der Waals surface area contributed by atoms with E-state index in [4.69, 9.17) is 16.8 Å². The highest BCUT2D eigenvalue weighted by Crippen LogP contribution is 2.37. The summed E-state index contributed by atoms with van der Waals surface area (Å²) in [6.45, 7) is 8.32. The van der Waals surface area contributed by atoms with Gasteiger partial charge in [-0.15, -0.1) is 0 Å². The minimum atomic E-state index is -3.57. The molecule has 0 bridgehead atoms. The van der Waals surface area contributed by atoms with Crippen LogP contribution in [0.15, 0.2) is 29.8 Å². The van der Waals surface area contributed by atoms with Gasteiger partial charge in [0.25, 0.3) is 0 Å². The lowest BCUT2D eigenvalue weighted by Gasteiger charge is -2.38. The molecule has 3 fully saturated rings. The number of aliphatic carboxylic acids is 1. The molecule has 11 nitrogen and oxygen atoms in total. The minimum Gasteiger partial charge on any atom is -0.481 e. The third-order valence-electron chi connectivity index (χ3n) is 9.89. The van der Waals surface area contributed by atoms with Gasteiger partial charge in [0.1, 0.15) is 0 Å². The van der Waals surface area contributed by atoms with Crippen molar-refractivity contribution < 1.29 is 36.7 Å². The van der Waals surface area contributed by atoms with Crippen molar-refractivity contribution in [3.8, 4) is 0 Å². The number of nitrogens with one attached hydrogen (secondary N) is 2. The first-order chi connectivity index (χ1) is 22.0. The molecule has 2 saturated heterocycles. The van der Waals surface area contributed by atoms with Crippen LogP contribution in [0.3, 0.4) is 0 Å². The van der Waals surface area contributed by atoms with E-state index in [9.17, 15) is 31.5 Å². The fourth-order valence-corrected chi connectivity index (χ4v) is 10.8. The Labute approximate surface area is 285 Å². The molecule has 47 heavy (non-hydrogen) atoms. The van der Waals surface area contributed by atoms with E-state index in [1.807, 2.05) is 24.3 Å². The molecular weight excluding hydrogens is 666 g/mol. The van der Waals surface area contributed by atoms with E-state index >= 15 is 0 Å². The lowest BCUT2D eigenvalue weighted by molar-refractivity contribution is -0.142. The molecular formula is C33H52ClN3O8S2. The third-order valence-corrected chi connectivity index (χ3v) is 14.3. The topological polar surface area (TPSA) is 170 Å². The molecule has 0 radical (unpaired) electrons. The summed E-state index contributed by atoms with van der Waals surface area (Å²) < 4.78 is 51.7. The van der Waals surface area contributed by atoms with E-state index in [0.29, 0.717) is 43.9 Å². The molecule has 266 valence electrons. The van der Waals surface area contributed by atoms with Crippen LogP contribution in [0.1, 0.15) is 84.6 Å². The van der Waals surface area contributed by atoms with Gasteiger partial charge in [-0.3, -0.25) is 14.8 Å². The molecule has 1 aromatic carbocycles. The third kappa shape index (κ3) is 11.3. The first-order valence-electron chi connectivity index (χ1n) is 16.5. The molecule has 1 aliphatic carbocycles. The van der Waals surface area contributed by atoms with Gasteiger partial charge < -0.3 is 10.4 Å². The van der Waals surface area contributed by atoms with E-state index in [1.54, 1.807) is 33.2 Å². The largest absolute Gasteiger partial charge is 0.481 e. The number of hydroxylamine groups is 1. The van der Waals surface area contributed by atoms with Crippen molar-refractivity contribution in [1.82, 2.24) is 15.1 Å². The first kappa shape index (κ1) is 39.4. The van der Waals surface area contributed by atoms with Gasteiger partial charge in [-0.05, 0) is 68.1 Å². The van der Waals surface area contributed by atoms with E-state index < -0.39 is 48.8 Å². The molecule has 3 aliphatic rings. The number of nitrogens with zero attached hydrogens (tertiary/aromatic N) is 1. The van der Waals surface area contributed by atoms with Gasteiger partial charge in [0.2, 0.25) is 15.9 Å². The van der Waals surface area contributed by atoms with E-state index in [2.05, 4.69) is 11.4 Å². The maximum atomic E-state index is 12.6. The van der Waals surface area contributed by atoms with E-state index in [1.165, 1.54) is 22.7 Å². The van der Waals surface area contributed by atoms with Gasteiger partial charge in [-0.1, -0.05) is 75.9 Å². The Bertz CT molecular complexity index is 1440. The molecule has 1 saturated carbocycles. The van der Waals surface area contributed by atoms with Crippen molar-refractivity contribution in [2.24, 2.45) is 23.7 Å². The van der Waals surface area contributed by atoms with Gasteiger partial charge in [0.15, 0.2) is 9.84 Å². The molecule has 0 aromatic heterocycles. The van der Waals surface area contributed by atoms with Gasteiger partial charge in [-0.25, -0.2) is 26.6 Å². The Balaban J connectivity index is 0.000000257. The minimum absolute atomic E-state index is 0.139. The van der Waals surface area contributed by atoms with Crippen molar-refractivity contribution in [1.29, 1.82) is 0 Å². The van der Waals surface area contributed by atoms with E-state index in [-0.39, 0.29) is 28.9 Å². The number of amides is 1. The highest BCUT2D eigenvalue weighted by molar-refractivity contribution is 7.92. The van der Waals surface area contributed by atoms with Crippen LogP contribution in [-0.2, 0) is 29.4 Å². The number of halogens is 1. The molecule has 4 rings (SSSR count). The number of carbonyl (C=O) groups excluding carboxylic acids is 1. The zero-order valence-corrected chi connectivity index (χ0v) is 30.3. The maximum absolute atomic E-state index is 12.6. The molecule has 1 aromatic rings. The molecule has 4 N–H and O–H groups in total. The number of hydrogen-bond donors (Lipinski definition) is 4. The number of sulfone groups is 1. The van der Waals surface area contributed by atoms with Crippen molar-refractivity contribution in [3.05, 3.63) is 40.4 Å². The summed E-state index contributed by atoms with van der Waals surface area (Å²) >= 11 is 5.87. The van der Waals surface area contributed by atoms with Crippen molar-refractivity contribution in [2.45, 2.75) is 89.9 Å². The second kappa shape index (κ2) is 17.1. The van der Waals surface area contributed by atoms with E-state index in [0.717, 1.165) is 24.8 Å². The zero-order chi connectivity index (χ0) is 35.0.